The molecular weight excluding hydrogens is 226 g/mol. The van der Waals surface area contributed by atoms with E-state index in [0.29, 0.717) is 0 Å². The molecule has 4 nitrogen and oxygen atoms in total. The highest BCUT2D eigenvalue weighted by atomic mass is 16.5. The van der Waals surface area contributed by atoms with E-state index in [0.717, 1.165) is 40.9 Å². The molecule has 1 aromatic carbocycles. The number of para-hydroxylation sites is 1. The normalized spacial score (nSPS) is 14.3. The molecule has 1 aliphatic carbocycles. The first kappa shape index (κ1) is 11.3. The van der Waals surface area contributed by atoms with Gasteiger partial charge in [0.25, 0.3) is 0 Å². The molecule has 0 spiro atoms. The summed E-state index contributed by atoms with van der Waals surface area (Å²) < 4.78 is 5.39. The van der Waals surface area contributed by atoms with Gasteiger partial charge in [-0.15, -0.1) is 0 Å². The number of benzene rings is 1. The number of nitrogens with two attached hydrogens (primary N) is 1. The average Bonchev–Trinajstić information content (AvgIpc) is 2.44. The van der Waals surface area contributed by atoms with Crippen molar-refractivity contribution in [1.82, 2.24) is 4.98 Å². The third kappa shape index (κ3) is 1.61. The van der Waals surface area contributed by atoms with Gasteiger partial charge in [0.05, 0.1) is 12.8 Å². The first-order chi connectivity index (χ1) is 8.85. The molecule has 0 saturated carbocycles. The van der Waals surface area contributed by atoms with Crippen LogP contribution in [0.5, 0.6) is 5.75 Å². The second-order valence-corrected chi connectivity index (χ2v) is 4.62. The van der Waals surface area contributed by atoms with Gasteiger partial charge in [-0.2, -0.15) is 0 Å². The zero-order valence-corrected chi connectivity index (χ0v) is 10.5. The van der Waals surface area contributed by atoms with Crippen LogP contribution in [0.1, 0.15) is 24.1 Å². The van der Waals surface area contributed by atoms with Gasteiger partial charge in [0.15, 0.2) is 0 Å². The Bertz CT molecular complexity index is 595. The predicted molar refractivity (Wildman–Crippen MR) is 72.7 cm³/mol. The Morgan fingerprint density at radius 1 is 1.28 bits per heavy atom. The van der Waals surface area contributed by atoms with Gasteiger partial charge in [0.2, 0.25) is 0 Å². The zero-order chi connectivity index (χ0) is 12.5. The monoisotopic (exact) mass is 243 g/mol. The maximum Gasteiger partial charge on any atom is 0.145 e. The third-order valence-corrected chi connectivity index (χ3v) is 3.62. The Kier molecular flexibility index (Phi) is 2.80. The molecule has 2 aromatic rings. The lowest BCUT2D eigenvalue weighted by Crippen LogP contribution is -2.15. The van der Waals surface area contributed by atoms with E-state index in [9.17, 15) is 0 Å². The van der Waals surface area contributed by atoms with Crippen LogP contribution in [0.3, 0.4) is 0 Å². The molecule has 0 atom stereocenters. The van der Waals surface area contributed by atoms with Crippen LogP contribution >= 0.6 is 0 Å². The molecule has 3 rings (SSSR count). The molecule has 1 aliphatic rings. The van der Waals surface area contributed by atoms with Crippen LogP contribution in [0.2, 0.25) is 0 Å². The number of pyridine rings is 1. The molecule has 0 saturated heterocycles. The minimum absolute atomic E-state index is 0.803. The zero-order valence-electron chi connectivity index (χ0n) is 10.5. The highest BCUT2D eigenvalue weighted by Gasteiger charge is 2.18. The van der Waals surface area contributed by atoms with E-state index in [-0.39, 0.29) is 0 Å². The van der Waals surface area contributed by atoms with Gasteiger partial charge >= 0.3 is 0 Å². The average molecular weight is 243 g/mol. The standard InChI is InChI=1S/C14H17N3O/c1-18-12-8-4-6-10-13(17-15)9-5-2-3-7-11(9)16-14(10)12/h4,6,8H,2-3,5,7,15H2,1H3,(H,16,17). The molecule has 0 radical (unpaired) electrons. The van der Waals surface area contributed by atoms with Crippen molar-refractivity contribution in [2.45, 2.75) is 25.7 Å². The van der Waals surface area contributed by atoms with Gasteiger partial charge in [0.1, 0.15) is 11.3 Å². The van der Waals surface area contributed by atoms with E-state index in [2.05, 4.69) is 5.43 Å². The smallest absolute Gasteiger partial charge is 0.145 e. The largest absolute Gasteiger partial charge is 0.494 e. The number of methoxy groups -OCH3 is 1. The molecule has 0 fully saturated rings. The minimum Gasteiger partial charge on any atom is -0.494 e. The topological polar surface area (TPSA) is 60.2 Å². The summed E-state index contributed by atoms with van der Waals surface area (Å²) in [6, 6.07) is 5.94. The summed E-state index contributed by atoms with van der Waals surface area (Å²) in [5.41, 5.74) is 7.19. The number of rotatable bonds is 2. The predicted octanol–water partition coefficient (Wildman–Crippen LogP) is 2.41. The number of hydrogen-bond donors (Lipinski definition) is 2. The van der Waals surface area contributed by atoms with Gasteiger partial charge in [0, 0.05) is 11.1 Å². The number of ether oxygens (including phenoxy) is 1. The Labute approximate surface area is 106 Å². The van der Waals surface area contributed by atoms with Gasteiger partial charge in [-0.3, -0.25) is 5.84 Å². The van der Waals surface area contributed by atoms with Crippen molar-refractivity contribution in [3.05, 3.63) is 29.5 Å². The van der Waals surface area contributed by atoms with Gasteiger partial charge < -0.3 is 10.2 Å². The van der Waals surface area contributed by atoms with Gasteiger partial charge in [-0.05, 0) is 37.3 Å². The number of anilines is 1. The van der Waals surface area contributed by atoms with Gasteiger partial charge in [-0.1, -0.05) is 12.1 Å². The second-order valence-electron chi connectivity index (χ2n) is 4.62. The van der Waals surface area contributed by atoms with Crippen LogP contribution < -0.4 is 16.0 Å². The van der Waals surface area contributed by atoms with Crippen LogP contribution in [0.4, 0.5) is 5.69 Å². The Morgan fingerprint density at radius 2 is 2.11 bits per heavy atom. The van der Waals surface area contributed by atoms with E-state index in [1.807, 2.05) is 18.2 Å². The van der Waals surface area contributed by atoms with Crippen LogP contribution in [0, 0.1) is 0 Å². The molecule has 4 heteroatoms. The Hall–Kier alpha value is -1.81. The fourth-order valence-corrected chi connectivity index (χ4v) is 2.75. The number of aryl methyl sites for hydroxylation is 1. The summed E-state index contributed by atoms with van der Waals surface area (Å²) in [5.74, 6) is 6.52. The van der Waals surface area contributed by atoms with Crippen molar-refractivity contribution in [2.75, 3.05) is 12.5 Å². The van der Waals surface area contributed by atoms with Gasteiger partial charge in [-0.25, -0.2) is 4.98 Å². The SMILES string of the molecule is COc1cccc2c(NN)c3c(nc12)CCCC3. The molecule has 0 bridgehead atoms. The molecule has 0 aliphatic heterocycles. The number of hydrogen-bond acceptors (Lipinski definition) is 4. The molecule has 3 N–H and O–H groups in total. The molecule has 0 amide bonds. The van der Waals surface area contributed by atoms with Crippen molar-refractivity contribution in [2.24, 2.45) is 5.84 Å². The van der Waals surface area contributed by atoms with Crippen LogP contribution in [0.15, 0.2) is 18.2 Å². The first-order valence-corrected chi connectivity index (χ1v) is 6.30. The number of nitrogens with zero attached hydrogens (tertiary/aromatic N) is 1. The lowest BCUT2D eigenvalue weighted by molar-refractivity contribution is 0.418. The highest BCUT2D eigenvalue weighted by Crippen LogP contribution is 2.35. The Balaban J connectivity index is 2.36. The summed E-state index contributed by atoms with van der Waals surface area (Å²) in [6.45, 7) is 0. The van der Waals surface area contributed by atoms with E-state index in [1.54, 1.807) is 7.11 Å². The highest BCUT2D eigenvalue weighted by molar-refractivity contribution is 5.96. The van der Waals surface area contributed by atoms with E-state index in [4.69, 9.17) is 15.6 Å². The van der Waals surface area contributed by atoms with Crippen molar-refractivity contribution in [3.63, 3.8) is 0 Å². The summed E-state index contributed by atoms with van der Waals surface area (Å²) in [5, 5.41) is 1.04. The third-order valence-electron chi connectivity index (χ3n) is 3.62. The molecule has 18 heavy (non-hydrogen) atoms. The summed E-state index contributed by atoms with van der Waals surface area (Å²) in [4.78, 5) is 4.77. The summed E-state index contributed by atoms with van der Waals surface area (Å²) in [6.07, 6.45) is 4.48. The number of nitrogens with one attached hydrogen (secondary N) is 1. The number of aromatic nitrogens is 1. The molecular formula is C14H17N3O. The quantitative estimate of drug-likeness (QED) is 0.628. The minimum atomic E-state index is 0.803. The summed E-state index contributed by atoms with van der Waals surface area (Å²) in [7, 11) is 1.67. The van der Waals surface area contributed by atoms with Crippen molar-refractivity contribution in [1.29, 1.82) is 0 Å². The van der Waals surface area contributed by atoms with E-state index < -0.39 is 0 Å². The van der Waals surface area contributed by atoms with E-state index >= 15 is 0 Å². The van der Waals surface area contributed by atoms with Crippen molar-refractivity contribution >= 4 is 16.6 Å². The summed E-state index contributed by atoms with van der Waals surface area (Å²) >= 11 is 0. The van der Waals surface area contributed by atoms with Crippen molar-refractivity contribution in [3.8, 4) is 5.75 Å². The molecule has 1 aromatic heterocycles. The fourth-order valence-electron chi connectivity index (χ4n) is 2.75. The number of nitrogen functional groups attached to an aromatic ring is 1. The van der Waals surface area contributed by atoms with Crippen LogP contribution in [0.25, 0.3) is 10.9 Å². The molecule has 1 heterocycles. The van der Waals surface area contributed by atoms with Crippen LogP contribution in [-0.4, -0.2) is 12.1 Å². The maximum atomic E-state index is 5.71. The van der Waals surface area contributed by atoms with Crippen molar-refractivity contribution < 1.29 is 4.74 Å². The first-order valence-electron chi connectivity index (χ1n) is 6.30. The lowest BCUT2D eigenvalue weighted by atomic mass is 9.93. The number of fused-ring (bicyclic) bond motifs is 2. The van der Waals surface area contributed by atoms with Crippen LogP contribution in [-0.2, 0) is 12.8 Å². The molecule has 94 valence electrons. The lowest BCUT2D eigenvalue weighted by Gasteiger charge is -2.20. The molecule has 0 unspecified atom stereocenters. The Morgan fingerprint density at radius 3 is 2.89 bits per heavy atom. The van der Waals surface area contributed by atoms with E-state index in [1.165, 1.54) is 18.4 Å². The maximum absolute atomic E-state index is 5.71. The fraction of sp³-hybridized carbons (Fsp3) is 0.357. The second kappa shape index (κ2) is 4.46. The number of hydrazine groups is 1.